The van der Waals surface area contributed by atoms with Crippen molar-refractivity contribution in [3.8, 4) is 5.88 Å². The molecule has 92 valence electrons. The molecule has 0 aliphatic carbocycles. The third kappa shape index (κ3) is 2.57. The smallest absolute Gasteiger partial charge is 0.219 e. The molecule has 0 spiro atoms. The van der Waals surface area contributed by atoms with Gasteiger partial charge in [0.05, 0.1) is 12.6 Å². The Morgan fingerprint density at radius 2 is 2.41 bits per heavy atom. The molecule has 0 aromatic carbocycles. The van der Waals surface area contributed by atoms with E-state index >= 15 is 0 Å². The van der Waals surface area contributed by atoms with Crippen molar-refractivity contribution < 1.29 is 9.53 Å². The lowest BCUT2D eigenvalue weighted by Crippen LogP contribution is -2.28. The van der Waals surface area contributed by atoms with E-state index in [1.807, 2.05) is 30.2 Å². The predicted molar refractivity (Wildman–Crippen MR) is 64.8 cm³/mol. The first-order valence-corrected chi connectivity index (χ1v) is 6.08. The molecule has 1 aromatic heterocycles. The van der Waals surface area contributed by atoms with E-state index in [-0.39, 0.29) is 11.9 Å². The van der Waals surface area contributed by atoms with Crippen LogP contribution in [-0.4, -0.2) is 28.9 Å². The molecule has 0 saturated carbocycles. The van der Waals surface area contributed by atoms with E-state index in [1.54, 1.807) is 6.92 Å². The molecule has 2 rings (SSSR count). The molecule has 0 radical (unpaired) electrons. The van der Waals surface area contributed by atoms with Crippen molar-refractivity contribution in [2.24, 2.45) is 0 Å². The maximum atomic E-state index is 11.5. The van der Waals surface area contributed by atoms with Crippen LogP contribution in [0.5, 0.6) is 5.88 Å². The number of ether oxygens (including phenoxy) is 1. The molecule has 1 aliphatic heterocycles. The van der Waals surface area contributed by atoms with Gasteiger partial charge in [0.2, 0.25) is 11.8 Å². The second kappa shape index (κ2) is 5.17. The molecule has 0 N–H and O–H groups in total. The van der Waals surface area contributed by atoms with Gasteiger partial charge in [0.1, 0.15) is 0 Å². The Bertz CT molecular complexity index is 389. The van der Waals surface area contributed by atoms with Crippen molar-refractivity contribution in [2.45, 2.75) is 32.7 Å². The van der Waals surface area contributed by atoms with E-state index in [1.165, 1.54) is 0 Å². The summed E-state index contributed by atoms with van der Waals surface area (Å²) in [7, 11) is 0. The highest BCUT2D eigenvalue weighted by Gasteiger charge is 2.27. The summed E-state index contributed by atoms with van der Waals surface area (Å²) in [5, 5.41) is 0. The highest BCUT2D eigenvalue weighted by molar-refractivity contribution is 5.74. The molecule has 2 heterocycles. The van der Waals surface area contributed by atoms with E-state index in [2.05, 4.69) is 4.98 Å². The molecule has 0 unspecified atom stereocenters. The van der Waals surface area contributed by atoms with Gasteiger partial charge in [-0.1, -0.05) is 6.07 Å². The topological polar surface area (TPSA) is 42.4 Å². The Hall–Kier alpha value is -1.58. The van der Waals surface area contributed by atoms with Crippen LogP contribution in [-0.2, 0) is 4.79 Å². The molecule has 17 heavy (non-hydrogen) atoms. The van der Waals surface area contributed by atoms with E-state index in [0.717, 1.165) is 24.9 Å². The summed E-state index contributed by atoms with van der Waals surface area (Å²) in [6, 6.07) is 4.06. The summed E-state index contributed by atoms with van der Waals surface area (Å²) in [4.78, 5) is 17.6. The van der Waals surface area contributed by atoms with Crippen LogP contribution >= 0.6 is 0 Å². The zero-order valence-corrected chi connectivity index (χ0v) is 10.3. The lowest BCUT2D eigenvalue weighted by Gasteiger charge is -2.23. The Balaban J connectivity index is 2.13. The summed E-state index contributed by atoms with van der Waals surface area (Å²) in [6.45, 7) is 5.03. The number of carbonyl (C=O) groups excluding carboxylic acids is 1. The monoisotopic (exact) mass is 234 g/mol. The van der Waals surface area contributed by atoms with E-state index in [9.17, 15) is 4.79 Å². The first-order chi connectivity index (χ1) is 8.22. The molecule has 1 saturated heterocycles. The fourth-order valence-corrected chi connectivity index (χ4v) is 2.31. The number of rotatable bonds is 3. The Morgan fingerprint density at radius 1 is 1.59 bits per heavy atom. The summed E-state index contributed by atoms with van der Waals surface area (Å²) >= 11 is 0. The van der Waals surface area contributed by atoms with Crippen molar-refractivity contribution in [2.75, 3.05) is 13.2 Å². The van der Waals surface area contributed by atoms with E-state index in [0.29, 0.717) is 12.5 Å². The average molecular weight is 234 g/mol. The highest BCUT2D eigenvalue weighted by atomic mass is 16.5. The minimum Gasteiger partial charge on any atom is -0.478 e. The second-order valence-corrected chi connectivity index (χ2v) is 4.23. The zero-order chi connectivity index (χ0) is 12.3. The first kappa shape index (κ1) is 11.9. The Morgan fingerprint density at radius 3 is 3.00 bits per heavy atom. The maximum Gasteiger partial charge on any atom is 0.219 e. The van der Waals surface area contributed by atoms with Gasteiger partial charge in [-0.05, 0) is 25.3 Å². The van der Waals surface area contributed by atoms with Gasteiger partial charge in [-0.3, -0.25) is 4.79 Å². The van der Waals surface area contributed by atoms with Crippen LogP contribution in [0.4, 0.5) is 0 Å². The van der Waals surface area contributed by atoms with Crippen LogP contribution in [0.3, 0.4) is 0 Å². The van der Waals surface area contributed by atoms with Gasteiger partial charge in [0.15, 0.2) is 0 Å². The molecule has 4 heteroatoms. The van der Waals surface area contributed by atoms with Crippen LogP contribution < -0.4 is 4.74 Å². The number of likely N-dealkylation sites (tertiary alicyclic amines) is 1. The number of nitrogens with zero attached hydrogens (tertiary/aromatic N) is 2. The van der Waals surface area contributed by atoms with Crippen LogP contribution in [0.25, 0.3) is 0 Å². The van der Waals surface area contributed by atoms with Crippen LogP contribution in [0.1, 0.15) is 38.3 Å². The SMILES string of the molecule is CCOc1ccc([C@H]2CCCN2C(C)=O)cn1. The zero-order valence-electron chi connectivity index (χ0n) is 10.3. The van der Waals surface area contributed by atoms with Crippen molar-refractivity contribution in [3.05, 3.63) is 23.9 Å². The summed E-state index contributed by atoms with van der Waals surface area (Å²) < 4.78 is 5.31. The van der Waals surface area contributed by atoms with Crippen molar-refractivity contribution in [1.82, 2.24) is 9.88 Å². The minimum atomic E-state index is 0.140. The molecule has 4 nitrogen and oxygen atoms in total. The quantitative estimate of drug-likeness (QED) is 0.805. The number of carbonyl (C=O) groups is 1. The molecule has 1 aliphatic rings. The molecular formula is C13H18N2O2. The fourth-order valence-electron chi connectivity index (χ4n) is 2.31. The van der Waals surface area contributed by atoms with Crippen molar-refractivity contribution >= 4 is 5.91 Å². The summed E-state index contributed by atoms with van der Waals surface area (Å²) in [5.74, 6) is 0.782. The number of amides is 1. The predicted octanol–water partition coefficient (Wildman–Crippen LogP) is 2.16. The summed E-state index contributed by atoms with van der Waals surface area (Å²) in [5.41, 5.74) is 1.10. The van der Waals surface area contributed by atoms with Gasteiger partial charge < -0.3 is 9.64 Å². The first-order valence-electron chi connectivity index (χ1n) is 6.08. The molecular weight excluding hydrogens is 216 g/mol. The standard InChI is InChI=1S/C13H18N2O2/c1-3-17-13-7-6-11(9-14-13)12-5-4-8-15(12)10(2)16/h6-7,9,12H,3-5,8H2,1-2H3/t12-/m1/s1. The lowest BCUT2D eigenvalue weighted by atomic mass is 10.1. The molecule has 0 bridgehead atoms. The molecule has 1 amide bonds. The van der Waals surface area contributed by atoms with Crippen LogP contribution in [0.2, 0.25) is 0 Å². The normalized spacial score (nSPS) is 19.4. The van der Waals surface area contributed by atoms with Gasteiger partial charge in [-0.25, -0.2) is 4.98 Å². The number of hydrogen-bond donors (Lipinski definition) is 0. The van der Waals surface area contributed by atoms with Crippen LogP contribution in [0.15, 0.2) is 18.3 Å². The highest BCUT2D eigenvalue weighted by Crippen LogP contribution is 2.31. The Kier molecular flexibility index (Phi) is 3.61. The maximum absolute atomic E-state index is 11.5. The molecule has 1 aromatic rings. The number of pyridine rings is 1. The third-order valence-electron chi connectivity index (χ3n) is 3.09. The lowest BCUT2D eigenvalue weighted by molar-refractivity contribution is -0.129. The molecule has 1 atom stereocenters. The minimum absolute atomic E-state index is 0.140. The van der Waals surface area contributed by atoms with E-state index in [4.69, 9.17) is 4.74 Å². The second-order valence-electron chi connectivity index (χ2n) is 4.23. The van der Waals surface area contributed by atoms with Crippen LogP contribution in [0, 0.1) is 0 Å². The van der Waals surface area contributed by atoms with Gasteiger partial charge in [-0.2, -0.15) is 0 Å². The third-order valence-corrected chi connectivity index (χ3v) is 3.09. The Labute approximate surface area is 102 Å². The molecule has 1 fully saturated rings. The number of hydrogen-bond acceptors (Lipinski definition) is 3. The van der Waals surface area contributed by atoms with Crippen molar-refractivity contribution in [1.29, 1.82) is 0 Å². The van der Waals surface area contributed by atoms with Gasteiger partial charge in [-0.15, -0.1) is 0 Å². The van der Waals surface area contributed by atoms with Gasteiger partial charge in [0, 0.05) is 25.7 Å². The van der Waals surface area contributed by atoms with Crippen molar-refractivity contribution in [3.63, 3.8) is 0 Å². The van der Waals surface area contributed by atoms with Gasteiger partial charge >= 0.3 is 0 Å². The van der Waals surface area contributed by atoms with E-state index < -0.39 is 0 Å². The summed E-state index contributed by atoms with van der Waals surface area (Å²) in [6.07, 6.45) is 3.91. The number of aromatic nitrogens is 1. The largest absolute Gasteiger partial charge is 0.478 e. The fraction of sp³-hybridized carbons (Fsp3) is 0.538. The average Bonchev–Trinajstić information content (AvgIpc) is 2.79. The van der Waals surface area contributed by atoms with Gasteiger partial charge in [0.25, 0.3) is 0 Å².